The molecule has 1 aliphatic carbocycles. The van der Waals surface area contributed by atoms with Gasteiger partial charge in [-0.15, -0.1) is 0 Å². The second kappa shape index (κ2) is 3.70. The molecule has 1 saturated heterocycles. The van der Waals surface area contributed by atoms with E-state index in [1.165, 1.54) is 12.0 Å². The van der Waals surface area contributed by atoms with Crippen molar-refractivity contribution >= 4 is 5.78 Å². The molecule has 3 rings (SSSR count). The SMILES string of the molecule is C[C@@H](c1ccccc1)N1C2CCCC(=O)C21. The van der Waals surface area contributed by atoms with E-state index in [0.717, 1.165) is 12.8 Å². The summed E-state index contributed by atoms with van der Waals surface area (Å²) in [4.78, 5) is 14.1. The highest BCUT2D eigenvalue weighted by molar-refractivity contribution is 5.88. The van der Waals surface area contributed by atoms with Gasteiger partial charge in [0.05, 0.1) is 6.04 Å². The van der Waals surface area contributed by atoms with Crippen LogP contribution in [0.2, 0.25) is 0 Å². The lowest BCUT2D eigenvalue weighted by molar-refractivity contribution is -0.120. The summed E-state index contributed by atoms with van der Waals surface area (Å²) >= 11 is 0. The van der Waals surface area contributed by atoms with Crippen LogP contribution in [0, 0.1) is 0 Å². The molecule has 1 aliphatic heterocycles. The average molecular weight is 215 g/mol. The van der Waals surface area contributed by atoms with Crippen LogP contribution >= 0.6 is 0 Å². The van der Waals surface area contributed by atoms with Crippen LogP contribution in [0.5, 0.6) is 0 Å². The highest BCUT2D eigenvalue weighted by Crippen LogP contribution is 2.44. The number of benzene rings is 1. The highest BCUT2D eigenvalue weighted by Gasteiger charge is 2.55. The second-order valence-corrected chi connectivity index (χ2v) is 4.90. The van der Waals surface area contributed by atoms with Crippen LogP contribution in [0.15, 0.2) is 30.3 Å². The fourth-order valence-electron chi connectivity index (χ4n) is 3.05. The van der Waals surface area contributed by atoms with E-state index in [1.807, 2.05) is 6.07 Å². The Kier molecular flexibility index (Phi) is 2.32. The minimum atomic E-state index is 0.240. The second-order valence-electron chi connectivity index (χ2n) is 4.90. The third kappa shape index (κ3) is 1.49. The fourth-order valence-corrected chi connectivity index (χ4v) is 3.05. The van der Waals surface area contributed by atoms with Crippen molar-refractivity contribution in [2.75, 3.05) is 0 Å². The Bertz CT molecular complexity index is 400. The summed E-state index contributed by atoms with van der Waals surface area (Å²) in [5.74, 6) is 0.457. The first kappa shape index (κ1) is 10.0. The first-order chi connectivity index (χ1) is 7.79. The third-order valence-corrected chi connectivity index (χ3v) is 3.96. The molecule has 1 aromatic rings. The maximum absolute atomic E-state index is 11.7. The molecule has 0 aromatic heterocycles. The van der Waals surface area contributed by atoms with Gasteiger partial charge in [-0.2, -0.15) is 0 Å². The predicted molar refractivity (Wildman–Crippen MR) is 63.1 cm³/mol. The molecule has 1 aromatic carbocycles. The molecular formula is C14H17NO. The summed E-state index contributed by atoms with van der Waals surface area (Å²) in [5, 5.41) is 0. The van der Waals surface area contributed by atoms with Gasteiger partial charge in [0.2, 0.25) is 0 Å². The number of nitrogens with zero attached hydrogens (tertiary/aromatic N) is 1. The van der Waals surface area contributed by atoms with Gasteiger partial charge in [-0.1, -0.05) is 30.3 Å². The summed E-state index contributed by atoms with van der Waals surface area (Å²) < 4.78 is 0. The molecule has 2 aliphatic rings. The number of fused-ring (bicyclic) bond motifs is 1. The zero-order chi connectivity index (χ0) is 11.1. The van der Waals surface area contributed by atoms with E-state index in [2.05, 4.69) is 36.1 Å². The molecule has 84 valence electrons. The Morgan fingerprint density at radius 1 is 1.31 bits per heavy atom. The molecular weight excluding hydrogens is 198 g/mol. The van der Waals surface area contributed by atoms with Gasteiger partial charge in [0.15, 0.2) is 5.78 Å². The maximum atomic E-state index is 11.7. The van der Waals surface area contributed by atoms with Crippen LogP contribution in [0.1, 0.15) is 37.8 Å². The zero-order valence-electron chi connectivity index (χ0n) is 9.60. The molecule has 2 nitrogen and oxygen atoms in total. The van der Waals surface area contributed by atoms with Gasteiger partial charge in [0.1, 0.15) is 0 Å². The molecule has 0 radical (unpaired) electrons. The molecule has 2 fully saturated rings. The number of likely N-dealkylation sites (tertiary alicyclic amines) is 1. The van der Waals surface area contributed by atoms with E-state index in [0.29, 0.717) is 17.9 Å². The van der Waals surface area contributed by atoms with E-state index in [1.54, 1.807) is 0 Å². The van der Waals surface area contributed by atoms with Crippen molar-refractivity contribution in [3.63, 3.8) is 0 Å². The fraction of sp³-hybridized carbons (Fsp3) is 0.500. The standard InChI is InChI=1S/C14H17NO/c1-10(11-6-3-2-4-7-11)15-12-8-5-9-13(16)14(12)15/h2-4,6-7,10,12,14H,5,8-9H2,1H3/t10-,12?,14?,15?/m0/s1. The normalized spacial score (nSPS) is 34.3. The van der Waals surface area contributed by atoms with Gasteiger partial charge < -0.3 is 0 Å². The highest BCUT2D eigenvalue weighted by atomic mass is 16.1. The minimum Gasteiger partial charge on any atom is -0.298 e. The number of carbonyl (C=O) groups is 1. The summed E-state index contributed by atoms with van der Waals surface area (Å²) in [6.45, 7) is 2.21. The zero-order valence-corrected chi connectivity index (χ0v) is 9.60. The predicted octanol–water partition coefficient (Wildman–Crippen LogP) is 2.55. The van der Waals surface area contributed by atoms with E-state index >= 15 is 0 Å². The van der Waals surface area contributed by atoms with Crippen LogP contribution in [0.3, 0.4) is 0 Å². The van der Waals surface area contributed by atoms with Crippen molar-refractivity contribution in [2.45, 2.75) is 44.3 Å². The largest absolute Gasteiger partial charge is 0.298 e. The monoisotopic (exact) mass is 215 g/mol. The Labute approximate surface area is 96.3 Å². The molecule has 0 spiro atoms. The van der Waals surface area contributed by atoms with Crippen LogP contribution < -0.4 is 0 Å². The third-order valence-electron chi connectivity index (χ3n) is 3.96. The maximum Gasteiger partial charge on any atom is 0.151 e. The Hall–Kier alpha value is -1.15. The number of ketones is 1. The molecule has 0 amide bonds. The van der Waals surface area contributed by atoms with Gasteiger partial charge in [-0.05, 0) is 25.3 Å². The van der Waals surface area contributed by atoms with Crippen molar-refractivity contribution in [1.29, 1.82) is 0 Å². The molecule has 3 unspecified atom stereocenters. The van der Waals surface area contributed by atoms with Gasteiger partial charge in [-0.25, -0.2) is 0 Å². The average Bonchev–Trinajstić information content (AvgIpc) is 3.05. The molecule has 1 saturated carbocycles. The Morgan fingerprint density at radius 2 is 2.06 bits per heavy atom. The number of hydrogen-bond acceptors (Lipinski definition) is 2. The molecule has 4 atom stereocenters. The molecule has 2 heteroatoms. The Balaban J connectivity index is 1.78. The quantitative estimate of drug-likeness (QED) is 0.706. The van der Waals surface area contributed by atoms with Gasteiger partial charge in [0.25, 0.3) is 0 Å². The topological polar surface area (TPSA) is 20.1 Å². The van der Waals surface area contributed by atoms with E-state index in [-0.39, 0.29) is 6.04 Å². The summed E-state index contributed by atoms with van der Waals surface area (Å²) in [6.07, 6.45) is 3.07. The van der Waals surface area contributed by atoms with Crippen LogP contribution in [0.25, 0.3) is 0 Å². The summed E-state index contributed by atoms with van der Waals surface area (Å²) in [5.41, 5.74) is 1.32. The van der Waals surface area contributed by atoms with Crippen molar-refractivity contribution in [2.24, 2.45) is 0 Å². The molecule has 0 N–H and O–H groups in total. The number of Topliss-reactive ketones (excluding diaryl/α,β-unsaturated/α-hetero) is 1. The smallest absolute Gasteiger partial charge is 0.151 e. The van der Waals surface area contributed by atoms with Gasteiger partial charge in [-0.3, -0.25) is 9.69 Å². The summed E-state index contributed by atoms with van der Waals surface area (Å²) in [6, 6.07) is 11.6. The molecule has 0 bridgehead atoms. The number of hydrogen-bond donors (Lipinski definition) is 0. The molecule has 1 heterocycles. The van der Waals surface area contributed by atoms with Crippen LogP contribution in [-0.2, 0) is 4.79 Å². The van der Waals surface area contributed by atoms with Crippen molar-refractivity contribution < 1.29 is 4.79 Å². The van der Waals surface area contributed by atoms with Crippen molar-refractivity contribution in [1.82, 2.24) is 4.90 Å². The summed E-state index contributed by atoms with van der Waals surface area (Å²) in [7, 11) is 0. The lowest BCUT2D eigenvalue weighted by atomic mass is 10.00. The lowest BCUT2D eigenvalue weighted by Gasteiger charge is -2.14. The van der Waals surface area contributed by atoms with E-state index in [4.69, 9.17) is 0 Å². The Morgan fingerprint density at radius 3 is 2.75 bits per heavy atom. The number of rotatable bonds is 2. The van der Waals surface area contributed by atoms with Gasteiger partial charge in [0, 0.05) is 18.5 Å². The minimum absolute atomic E-state index is 0.240. The first-order valence-electron chi connectivity index (χ1n) is 6.14. The molecule has 16 heavy (non-hydrogen) atoms. The van der Waals surface area contributed by atoms with Crippen molar-refractivity contribution in [3.8, 4) is 0 Å². The van der Waals surface area contributed by atoms with E-state index < -0.39 is 0 Å². The van der Waals surface area contributed by atoms with Gasteiger partial charge >= 0.3 is 0 Å². The lowest BCUT2D eigenvalue weighted by Crippen LogP contribution is -2.16. The number of carbonyl (C=O) groups excluding carboxylic acids is 1. The van der Waals surface area contributed by atoms with E-state index in [9.17, 15) is 4.79 Å². The van der Waals surface area contributed by atoms with Crippen molar-refractivity contribution in [3.05, 3.63) is 35.9 Å². The first-order valence-corrected chi connectivity index (χ1v) is 6.14. The van der Waals surface area contributed by atoms with Crippen LogP contribution in [-0.4, -0.2) is 22.8 Å². The van der Waals surface area contributed by atoms with Crippen LogP contribution in [0.4, 0.5) is 0 Å².